The minimum Gasteiger partial charge on any atom is -0.454 e. The Morgan fingerprint density at radius 1 is 1.41 bits per heavy atom. The molecule has 1 fully saturated rings. The molecule has 0 saturated carbocycles. The summed E-state index contributed by atoms with van der Waals surface area (Å²) < 4.78 is 15.5. The second kappa shape index (κ2) is 5.33. The van der Waals surface area contributed by atoms with Gasteiger partial charge in [0.2, 0.25) is 6.79 Å². The lowest BCUT2D eigenvalue weighted by Gasteiger charge is -2.20. The van der Waals surface area contributed by atoms with E-state index in [2.05, 4.69) is 5.32 Å². The Bertz CT molecular complexity index is 650. The molecule has 2 aliphatic heterocycles. The third-order valence-electron chi connectivity index (χ3n) is 3.61. The van der Waals surface area contributed by atoms with E-state index in [4.69, 9.17) is 25.8 Å². The van der Waals surface area contributed by atoms with Gasteiger partial charge in [-0.25, -0.2) is 4.79 Å². The second-order valence-electron chi connectivity index (χ2n) is 5.40. The van der Waals surface area contributed by atoms with Gasteiger partial charge in [-0.3, -0.25) is 9.69 Å². The number of imide groups is 1. The number of methoxy groups -OCH3 is 1. The second-order valence-corrected chi connectivity index (χ2v) is 5.81. The van der Waals surface area contributed by atoms with Gasteiger partial charge in [0.1, 0.15) is 5.54 Å². The summed E-state index contributed by atoms with van der Waals surface area (Å²) >= 11 is 6.11. The third kappa shape index (κ3) is 2.36. The molecule has 22 heavy (non-hydrogen) atoms. The summed E-state index contributed by atoms with van der Waals surface area (Å²) in [6.45, 7) is 1.94. The average Bonchev–Trinajstić information content (AvgIpc) is 2.99. The summed E-state index contributed by atoms with van der Waals surface area (Å²) in [5.74, 6) is 0.647. The van der Waals surface area contributed by atoms with Gasteiger partial charge >= 0.3 is 6.03 Å². The zero-order chi connectivity index (χ0) is 15.9. The van der Waals surface area contributed by atoms with Crippen molar-refractivity contribution in [1.82, 2.24) is 10.2 Å². The summed E-state index contributed by atoms with van der Waals surface area (Å²) in [6.07, 6.45) is 0. The van der Waals surface area contributed by atoms with Gasteiger partial charge in [0.25, 0.3) is 5.91 Å². The molecule has 1 aromatic rings. The van der Waals surface area contributed by atoms with Crippen LogP contribution in [0.3, 0.4) is 0 Å². The van der Waals surface area contributed by atoms with Crippen molar-refractivity contribution in [2.75, 3.05) is 20.5 Å². The Labute approximate surface area is 132 Å². The molecular formula is C14H15ClN2O5. The van der Waals surface area contributed by atoms with Crippen LogP contribution in [0.15, 0.2) is 12.1 Å². The normalized spacial score (nSPS) is 23.1. The predicted molar refractivity (Wildman–Crippen MR) is 76.9 cm³/mol. The lowest BCUT2D eigenvalue weighted by atomic mass is 10.0. The van der Waals surface area contributed by atoms with Crippen LogP contribution in [0, 0.1) is 0 Å². The van der Waals surface area contributed by atoms with E-state index in [-0.39, 0.29) is 25.9 Å². The Morgan fingerprint density at radius 2 is 2.18 bits per heavy atom. The summed E-state index contributed by atoms with van der Waals surface area (Å²) in [6, 6.07) is 2.90. The molecule has 0 spiro atoms. The molecule has 0 aliphatic carbocycles. The quantitative estimate of drug-likeness (QED) is 0.849. The van der Waals surface area contributed by atoms with Gasteiger partial charge in [-0.1, -0.05) is 11.6 Å². The number of carbonyl (C=O) groups is 2. The van der Waals surface area contributed by atoms with Gasteiger partial charge in [0.05, 0.1) is 18.2 Å². The van der Waals surface area contributed by atoms with E-state index >= 15 is 0 Å². The molecular weight excluding hydrogens is 312 g/mol. The first-order valence-electron chi connectivity index (χ1n) is 6.66. The van der Waals surface area contributed by atoms with Crippen LogP contribution >= 0.6 is 11.6 Å². The van der Waals surface area contributed by atoms with Gasteiger partial charge in [-0.05, 0) is 24.6 Å². The molecule has 2 aliphatic rings. The summed E-state index contributed by atoms with van der Waals surface area (Å²) in [5, 5.41) is 3.03. The molecule has 1 N–H and O–H groups in total. The van der Waals surface area contributed by atoms with Crippen LogP contribution in [-0.2, 0) is 16.1 Å². The largest absolute Gasteiger partial charge is 0.454 e. The smallest absolute Gasteiger partial charge is 0.325 e. The molecule has 7 nitrogen and oxygen atoms in total. The van der Waals surface area contributed by atoms with Crippen LogP contribution in [0.4, 0.5) is 4.79 Å². The topological polar surface area (TPSA) is 77.1 Å². The summed E-state index contributed by atoms with van der Waals surface area (Å²) in [4.78, 5) is 25.6. The number of benzene rings is 1. The van der Waals surface area contributed by atoms with Crippen molar-refractivity contribution in [1.29, 1.82) is 0 Å². The fourth-order valence-corrected chi connectivity index (χ4v) is 2.86. The molecule has 1 aromatic carbocycles. The van der Waals surface area contributed by atoms with Crippen LogP contribution < -0.4 is 14.8 Å². The van der Waals surface area contributed by atoms with Crippen molar-refractivity contribution in [2.45, 2.75) is 19.0 Å². The van der Waals surface area contributed by atoms with E-state index in [1.54, 1.807) is 19.1 Å². The fourth-order valence-electron chi connectivity index (χ4n) is 2.57. The van der Waals surface area contributed by atoms with E-state index in [1.807, 2.05) is 0 Å². The highest BCUT2D eigenvalue weighted by atomic mass is 35.5. The Balaban J connectivity index is 1.83. The van der Waals surface area contributed by atoms with Gasteiger partial charge in [-0.2, -0.15) is 0 Å². The number of halogens is 1. The number of fused-ring (bicyclic) bond motifs is 1. The molecule has 1 atom stereocenters. The van der Waals surface area contributed by atoms with Crippen molar-refractivity contribution < 1.29 is 23.8 Å². The van der Waals surface area contributed by atoms with E-state index in [0.29, 0.717) is 22.1 Å². The number of ether oxygens (including phenoxy) is 3. The van der Waals surface area contributed by atoms with Crippen LogP contribution in [0.2, 0.25) is 5.02 Å². The molecule has 3 rings (SSSR count). The first kappa shape index (κ1) is 14.9. The molecule has 0 bridgehead atoms. The average molecular weight is 327 g/mol. The molecule has 0 radical (unpaired) electrons. The van der Waals surface area contributed by atoms with E-state index < -0.39 is 11.6 Å². The SMILES string of the molecule is COC[C@]1(C)NC(=O)N(Cc2cc(Cl)c3c(c2)OCO3)C1=O. The monoisotopic (exact) mass is 326 g/mol. The first-order chi connectivity index (χ1) is 10.4. The number of amides is 3. The molecule has 8 heteroatoms. The number of rotatable bonds is 4. The lowest BCUT2D eigenvalue weighted by Crippen LogP contribution is -2.47. The molecule has 2 heterocycles. The highest BCUT2D eigenvalue weighted by Crippen LogP contribution is 2.40. The van der Waals surface area contributed by atoms with Crippen LogP contribution in [0.1, 0.15) is 12.5 Å². The number of urea groups is 1. The van der Waals surface area contributed by atoms with Gasteiger partial charge < -0.3 is 19.5 Å². The number of hydrogen-bond acceptors (Lipinski definition) is 5. The molecule has 118 valence electrons. The van der Waals surface area contributed by atoms with E-state index in [9.17, 15) is 9.59 Å². The number of hydrogen-bond donors (Lipinski definition) is 1. The van der Waals surface area contributed by atoms with Crippen LogP contribution in [0.5, 0.6) is 11.5 Å². The summed E-state index contributed by atoms with van der Waals surface area (Å²) in [5.41, 5.74) is -0.370. The van der Waals surface area contributed by atoms with Gasteiger partial charge in [-0.15, -0.1) is 0 Å². The van der Waals surface area contributed by atoms with Crippen molar-refractivity contribution in [3.8, 4) is 11.5 Å². The number of nitrogens with zero attached hydrogens (tertiary/aromatic N) is 1. The molecule has 0 unspecified atom stereocenters. The molecule has 1 saturated heterocycles. The van der Waals surface area contributed by atoms with Gasteiger partial charge in [0.15, 0.2) is 11.5 Å². The van der Waals surface area contributed by atoms with Crippen molar-refractivity contribution >= 4 is 23.5 Å². The Kier molecular flexibility index (Phi) is 3.62. The van der Waals surface area contributed by atoms with Crippen molar-refractivity contribution in [2.24, 2.45) is 0 Å². The van der Waals surface area contributed by atoms with Crippen LogP contribution in [0.25, 0.3) is 0 Å². The number of carbonyl (C=O) groups excluding carboxylic acids is 2. The van der Waals surface area contributed by atoms with Crippen molar-refractivity contribution in [3.05, 3.63) is 22.7 Å². The van der Waals surface area contributed by atoms with Gasteiger partial charge in [0, 0.05) is 7.11 Å². The first-order valence-corrected chi connectivity index (χ1v) is 7.03. The predicted octanol–water partition coefficient (Wildman–Crippen LogP) is 1.53. The standard InChI is InChI=1S/C14H15ClN2O5/c1-14(6-20-2)12(18)17(13(19)16-14)5-8-3-9(15)11-10(4-8)21-7-22-11/h3-4H,5-7H2,1-2H3,(H,16,19)/t14-/m0/s1. The Hall–Kier alpha value is -1.99. The zero-order valence-corrected chi connectivity index (χ0v) is 12.9. The highest BCUT2D eigenvalue weighted by molar-refractivity contribution is 6.32. The van der Waals surface area contributed by atoms with Crippen LogP contribution in [-0.4, -0.2) is 42.9 Å². The lowest BCUT2D eigenvalue weighted by molar-refractivity contribution is -0.132. The number of nitrogens with one attached hydrogen (secondary N) is 1. The Morgan fingerprint density at radius 3 is 2.91 bits per heavy atom. The van der Waals surface area contributed by atoms with E-state index in [0.717, 1.165) is 4.90 Å². The van der Waals surface area contributed by atoms with Crippen molar-refractivity contribution in [3.63, 3.8) is 0 Å². The minimum atomic E-state index is -1.05. The zero-order valence-electron chi connectivity index (χ0n) is 12.1. The molecule has 3 amide bonds. The maximum absolute atomic E-state index is 12.4. The maximum Gasteiger partial charge on any atom is 0.325 e. The van der Waals surface area contributed by atoms with E-state index in [1.165, 1.54) is 7.11 Å². The molecule has 0 aromatic heterocycles. The fraction of sp³-hybridized carbons (Fsp3) is 0.429. The maximum atomic E-state index is 12.4. The summed E-state index contributed by atoms with van der Waals surface area (Å²) in [7, 11) is 1.48. The third-order valence-corrected chi connectivity index (χ3v) is 3.89. The minimum absolute atomic E-state index is 0.0976. The highest BCUT2D eigenvalue weighted by Gasteiger charge is 2.47.